The zero-order valence-electron chi connectivity index (χ0n) is 11.2. The second-order valence-corrected chi connectivity index (χ2v) is 6.71. The van der Waals surface area contributed by atoms with Crippen LogP contribution in [0.4, 0.5) is 0 Å². The van der Waals surface area contributed by atoms with Crippen LogP contribution in [0.15, 0.2) is 18.2 Å². The molecule has 2 aliphatic rings. The van der Waals surface area contributed by atoms with Gasteiger partial charge in [0.1, 0.15) is 0 Å². The van der Waals surface area contributed by atoms with E-state index < -0.39 is 0 Å². The third-order valence-electron chi connectivity index (χ3n) is 4.19. The van der Waals surface area contributed by atoms with E-state index in [0.717, 1.165) is 31.4 Å². The summed E-state index contributed by atoms with van der Waals surface area (Å²) in [6.45, 7) is 1.53. The molecule has 1 aliphatic heterocycles. The molecular weight excluding hydrogens is 295 g/mol. The van der Waals surface area contributed by atoms with Gasteiger partial charge in [-0.05, 0) is 48.9 Å². The molecule has 5 heteroatoms. The molecule has 1 aliphatic carbocycles. The molecule has 2 fully saturated rings. The Morgan fingerprint density at radius 3 is 2.60 bits per heavy atom. The van der Waals surface area contributed by atoms with Crippen molar-refractivity contribution in [3.05, 3.63) is 33.8 Å². The van der Waals surface area contributed by atoms with E-state index in [4.69, 9.17) is 28.9 Å². The van der Waals surface area contributed by atoms with Gasteiger partial charge in [-0.25, -0.2) is 0 Å². The lowest BCUT2D eigenvalue weighted by Crippen LogP contribution is -2.46. The van der Waals surface area contributed by atoms with Gasteiger partial charge in [-0.3, -0.25) is 4.79 Å². The number of rotatable bonds is 2. The molecule has 0 radical (unpaired) electrons. The lowest BCUT2D eigenvalue weighted by Gasteiger charge is -2.31. The molecule has 0 unspecified atom stereocenters. The Morgan fingerprint density at radius 2 is 1.95 bits per heavy atom. The Balaban J connectivity index is 1.67. The number of carbonyl (C=O) groups is 1. The predicted octanol–water partition coefficient (Wildman–Crippen LogP) is 3.05. The maximum absolute atomic E-state index is 12.5. The maximum Gasteiger partial charge on any atom is 0.226 e. The number of amides is 1. The summed E-state index contributed by atoms with van der Waals surface area (Å²) in [4.78, 5) is 14.4. The van der Waals surface area contributed by atoms with E-state index in [1.807, 2.05) is 17.0 Å². The maximum atomic E-state index is 12.5. The number of hydrogen-bond acceptors (Lipinski definition) is 2. The minimum absolute atomic E-state index is 0.0785. The van der Waals surface area contributed by atoms with E-state index in [-0.39, 0.29) is 23.8 Å². The van der Waals surface area contributed by atoms with Crippen molar-refractivity contribution in [2.75, 3.05) is 13.1 Å². The highest BCUT2D eigenvalue weighted by Gasteiger charge is 2.46. The molecule has 1 aromatic carbocycles. The van der Waals surface area contributed by atoms with Crippen molar-refractivity contribution in [3.63, 3.8) is 0 Å². The fraction of sp³-hybridized carbons (Fsp3) is 0.533. The number of likely N-dealkylation sites (tertiary alicyclic amines) is 1. The summed E-state index contributed by atoms with van der Waals surface area (Å²) in [6.07, 6.45) is 2.91. The van der Waals surface area contributed by atoms with Crippen molar-refractivity contribution in [2.45, 2.75) is 31.2 Å². The molecule has 1 heterocycles. The molecule has 0 bridgehead atoms. The van der Waals surface area contributed by atoms with E-state index in [0.29, 0.717) is 16.6 Å². The van der Waals surface area contributed by atoms with Gasteiger partial charge in [0.25, 0.3) is 0 Å². The van der Waals surface area contributed by atoms with Crippen LogP contribution in [0.1, 0.15) is 30.7 Å². The second-order valence-electron chi connectivity index (χ2n) is 5.84. The zero-order chi connectivity index (χ0) is 14.3. The van der Waals surface area contributed by atoms with Crippen LogP contribution in [0, 0.1) is 5.92 Å². The summed E-state index contributed by atoms with van der Waals surface area (Å²) in [5, 5.41) is 1.26. The molecule has 3 nitrogen and oxygen atoms in total. The number of nitrogens with zero attached hydrogens (tertiary/aromatic N) is 1. The third-order valence-corrected chi connectivity index (χ3v) is 4.63. The van der Waals surface area contributed by atoms with Gasteiger partial charge in [0.15, 0.2) is 0 Å². The van der Waals surface area contributed by atoms with Crippen LogP contribution in [-0.2, 0) is 4.79 Å². The molecule has 0 aromatic heterocycles. The standard InChI is InChI=1S/C15H18Cl2N2O/c16-10-4-9(5-11(17)6-10)13-7-14(13)15(20)19-3-1-2-12(18)8-19/h4-6,12-14H,1-3,7-8,18H2/t12-,13-,14+/m1/s1. The fourth-order valence-electron chi connectivity index (χ4n) is 3.07. The molecule has 1 saturated heterocycles. The van der Waals surface area contributed by atoms with Crippen LogP contribution in [0.25, 0.3) is 0 Å². The largest absolute Gasteiger partial charge is 0.341 e. The fourth-order valence-corrected chi connectivity index (χ4v) is 3.61. The Labute approximate surface area is 129 Å². The minimum Gasteiger partial charge on any atom is -0.341 e. The van der Waals surface area contributed by atoms with E-state index in [2.05, 4.69) is 0 Å². The average molecular weight is 313 g/mol. The molecule has 1 amide bonds. The van der Waals surface area contributed by atoms with Gasteiger partial charge in [0.2, 0.25) is 5.91 Å². The topological polar surface area (TPSA) is 46.3 Å². The first-order chi connectivity index (χ1) is 9.54. The van der Waals surface area contributed by atoms with Crippen LogP contribution in [0.5, 0.6) is 0 Å². The van der Waals surface area contributed by atoms with Crippen molar-refractivity contribution in [2.24, 2.45) is 11.7 Å². The van der Waals surface area contributed by atoms with Gasteiger partial charge in [0.05, 0.1) is 0 Å². The van der Waals surface area contributed by atoms with Crippen LogP contribution >= 0.6 is 23.2 Å². The number of halogens is 2. The van der Waals surface area contributed by atoms with Crippen LogP contribution in [0.2, 0.25) is 10.0 Å². The van der Waals surface area contributed by atoms with E-state index in [1.165, 1.54) is 0 Å². The monoisotopic (exact) mass is 312 g/mol. The van der Waals surface area contributed by atoms with Crippen molar-refractivity contribution in [1.82, 2.24) is 4.90 Å². The van der Waals surface area contributed by atoms with Gasteiger partial charge >= 0.3 is 0 Å². The molecule has 0 spiro atoms. The second kappa shape index (κ2) is 5.55. The Morgan fingerprint density at radius 1 is 1.25 bits per heavy atom. The highest BCUT2D eigenvalue weighted by molar-refractivity contribution is 6.34. The quantitative estimate of drug-likeness (QED) is 0.912. The van der Waals surface area contributed by atoms with Crippen LogP contribution in [0.3, 0.4) is 0 Å². The number of carbonyl (C=O) groups excluding carboxylic acids is 1. The lowest BCUT2D eigenvalue weighted by atomic mass is 10.0. The molecule has 20 heavy (non-hydrogen) atoms. The Hall–Kier alpha value is -0.770. The summed E-state index contributed by atoms with van der Waals surface area (Å²) in [7, 11) is 0. The summed E-state index contributed by atoms with van der Waals surface area (Å²) in [6, 6.07) is 5.67. The number of nitrogens with two attached hydrogens (primary N) is 1. The predicted molar refractivity (Wildman–Crippen MR) is 81.1 cm³/mol. The molecule has 1 saturated carbocycles. The van der Waals surface area contributed by atoms with Crippen molar-refractivity contribution < 1.29 is 4.79 Å². The Kier molecular flexibility index (Phi) is 3.93. The van der Waals surface area contributed by atoms with Gasteiger partial charge in [0, 0.05) is 35.1 Å². The highest BCUT2D eigenvalue weighted by Crippen LogP contribution is 2.49. The Bertz CT molecular complexity index is 514. The van der Waals surface area contributed by atoms with Gasteiger partial charge in [-0.15, -0.1) is 0 Å². The summed E-state index contributed by atoms with van der Waals surface area (Å²) in [5.74, 6) is 0.577. The van der Waals surface area contributed by atoms with Crippen molar-refractivity contribution in [1.29, 1.82) is 0 Å². The first-order valence-corrected chi connectivity index (χ1v) is 7.80. The van der Waals surface area contributed by atoms with Gasteiger partial charge in [-0.2, -0.15) is 0 Å². The summed E-state index contributed by atoms with van der Waals surface area (Å²) in [5.41, 5.74) is 7.01. The normalized spacial score (nSPS) is 29.4. The molecular formula is C15H18Cl2N2O. The van der Waals surface area contributed by atoms with Crippen molar-refractivity contribution in [3.8, 4) is 0 Å². The van der Waals surface area contributed by atoms with E-state index in [9.17, 15) is 4.79 Å². The highest BCUT2D eigenvalue weighted by atomic mass is 35.5. The first kappa shape index (κ1) is 14.2. The number of hydrogen-bond donors (Lipinski definition) is 1. The van der Waals surface area contributed by atoms with E-state index >= 15 is 0 Å². The van der Waals surface area contributed by atoms with Gasteiger partial charge < -0.3 is 10.6 Å². The van der Waals surface area contributed by atoms with Crippen molar-refractivity contribution >= 4 is 29.1 Å². The zero-order valence-corrected chi connectivity index (χ0v) is 12.7. The molecule has 2 N–H and O–H groups in total. The SMILES string of the molecule is N[C@@H]1CCCN(C(=O)[C@H]2C[C@@H]2c2cc(Cl)cc(Cl)c2)C1. The molecule has 3 rings (SSSR count). The smallest absolute Gasteiger partial charge is 0.226 e. The number of benzene rings is 1. The average Bonchev–Trinajstić information content (AvgIpc) is 3.17. The van der Waals surface area contributed by atoms with Crippen LogP contribution < -0.4 is 5.73 Å². The molecule has 108 valence electrons. The summed E-state index contributed by atoms with van der Waals surface area (Å²) >= 11 is 12.0. The van der Waals surface area contributed by atoms with Crippen LogP contribution in [-0.4, -0.2) is 29.9 Å². The molecule has 3 atom stereocenters. The summed E-state index contributed by atoms with van der Waals surface area (Å²) < 4.78 is 0. The molecule has 1 aromatic rings. The number of piperidine rings is 1. The van der Waals surface area contributed by atoms with Gasteiger partial charge in [-0.1, -0.05) is 23.2 Å². The lowest BCUT2D eigenvalue weighted by molar-refractivity contribution is -0.133. The van der Waals surface area contributed by atoms with E-state index in [1.54, 1.807) is 6.07 Å². The third kappa shape index (κ3) is 2.95. The minimum atomic E-state index is 0.0785. The first-order valence-electron chi connectivity index (χ1n) is 7.05.